The Bertz CT molecular complexity index is 197. The summed E-state index contributed by atoms with van der Waals surface area (Å²) in [5, 5.41) is 8.89. The fourth-order valence-corrected chi connectivity index (χ4v) is 0.521. The minimum Gasteiger partial charge on any atom is -0.498 e. The monoisotopic (exact) mass is 127 g/mol. The summed E-state index contributed by atoms with van der Waals surface area (Å²) in [5.74, 6) is 0.432. The molecule has 0 aliphatic heterocycles. The van der Waals surface area contributed by atoms with E-state index in [0.717, 1.165) is 0 Å². The Kier molecular flexibility index (Phi) is 1.53. The molecule has 0 bridgehead atoms. The minimum atomic E-state index is 0.0139. The molecule has 3 nitrogen and oxygen atoms in total. The Morgan fingerprint density at radius 2 is 2.44 bits per heavy atom. The van der Waals surface area contributed by atoms with Crippen LogP contribution in [-0.2, 0) is 0 Å². The number of hydrogen-bond acceptors (Lipinski definition) is 2. The number of rotatable bonds is 1. The molecular weight excluding hydrogens is 120 g/mol. The molecule has 0 saturated carbocycles. The van der Waals surface area contributed by atoms with Crippen molar-refractivity contribution in [2.24, 2.45) is 0 Å². The number of ether oxygens (including phenoxy) is 1. The highest BCUT2D eigenvalue weighted by molar-refractivity contribution is 5.33. The molecular formula is C6H7O3+. The third-order valence-corrected chi connectivity index (χ3v) is 0.950. The Balaban J connectivity index is 3.01. The molecule has 1 aromatic heterocycles. The van der Waals surface area contributed by atoms with Crippen molar-refractivity contribution < 1.29 is 14.3 Å². The van der Waals surface area contributed by atoms with Crippen LogP contribution in [0.25, 0.3) is 0 Å². The first kappa shape index (κ1) is 5.88. The van der Waals surface area contributed by atoms with Crippen molar-refractivity contribution in [1.82, 2.24) is 0 Å². The van der Waals surface area contributed by atoms with Gasteiger partial charge in [0.25, 0.3) is 5.75 Å². The average molecular weight is 127 g/mol. The van der Waals surface area contributed by atoms with E-state index >= 15 is 0 Å². The SMILES string of the molecule is COc1cc[o+]cc1O. The van der Waals surface area contributed by atoms with Crippen molar-refractivity contribution in [3.8, 4) is 11.5 Å². The number of aromatic hydroxyl groups is 1. The molecule has 3 heteroatoms. The molecule has 0 fully saturated rings. The maximum atomic E-state index is 8.89. The molecule has 1 aromatic rings. The van der Waals surface area contributed by atoms with Gasteiger partial charge in [-0.25, -0.2) is 4.42 Å². The van der Waals surface area contributed by atoms with Gasteiger partial charge in [-0.15, -0.1) is 0 Å². The zero-order chi connectivity index (χ0) is 6.69. The Morgan fingerprint density at radius 3 is 2.89 bits per heavy atom. The first-order valence-corrected chi connectivity index (χ1v) is 2.47. The van der Waals surface area contributed by atoms with Crippen molar-refractivity contribution in [3.05, 3.63) is 18.6 Å². The van der Waals surface area contributed by atoms with Crippen molar-refractivity contribution in [3.63, 3.8) is 0 Å². The summed E-state index contributed by atoms with van der Waals surface area (Å²) >= 11 is 0. The molecule has 0 spiro atoms. The lowest BCUT2D eigenvalue weighted by atomic mass is 10.4. The summed E-state index contributed by atoms with van der Waals surface area (Å²) in [7, 11) is 1.48. The maximum absolute atomic E-state index is 8.89. The first-order valence-electron chi connectivity index (χ1n) is 2.47. The summed E-state index contributed by atoms with van der Waals surface area (Å²) in [5.41, 5.74) is 0. The van der Waals surface area contributed by atoms with Gasteiger partial charge in [0.15, 0.2) is 5.75 Å². The van der Waals surface area contributed by atoms with E-state index in [1.54, 1.807) is 0 Å². The zero-order valence-electron chi connectivity index (χ0n) is 5.00. The number of methoxy groups -OCH3 is 1. The second-order valence-corrected chi connectivity index (χ2v) is 1.51. The summed E-state index contributed by atoms with van der Waals surface area (Å²) in [6.07, 6.45) is 2.64. The summed E-state index contributed by atoms with van der Waals surface area (Å²) < 4.78 is 9.36. The lowest BCUT2D eigenvalue weighted by Crippen LogP contribution is -1.80. The van der Waals surface area contributed by atoms with Crippen LogP contribution >= 0.6 is 0 Å². The van der Waals surface area contributed by atoms with Crippen LogP contribution in [0.2, 0.25) is 0 Å². The minimum absolute atomic E-state index is 0.0139. The van der Waals surface area contributed by atoms with Gasteiger partial charge < -0.3 is 9.84 Å². The van der Waals surface area contributed by atoms with E-state index in [9.17, 15) is 0 Å². The van der Waals surface area contributed by atoms with Gasteiger partial charge in [0, 0.05) is 0 Å². The van der Waals surface area contributed by atoms with E-state index in [4.69, 9.17) is 9.84 Å². The highest BCUT2D eigenvalue weighted by Gasteiger charge is 2.03. The van der Waals surface area contributed by atoms with Crippen LogP contribution < -0.4 is 4.74 Å². The van der Waals surface area contributed by atoms with Crippen LogP contribution in [0.15, 0.2) is 23.0 Å². The van der Waals surface area contributed by atoms with Gasteiger partial charge in [-0.05, 0) is 0 Å². The normalized spacial score (nSPS) is 9.00. The van der Waals surface area contributed by atoms with Gasteiger partial charge in [-0.2, -0.15) is 0 Å². The average Bonchev–Trinajstić information content (AvgIpc) is 1.89. The molecule has 0 radical (unpaired) electrons. The van der Waals surface area contributed by atoms with Crippen molar-refractivity contribution in [1.29, 1.82) is 0 Å². The molecule has 0 amide bonds. The molecule has 0 aromatic carbocycles. The molecule has 0 saturated heterocycles. The van der Waals surface area contributed by atoms with Crippen molar-refractivity contribution in [2.45, 2.75) is 0 Å². The van der Waals surface area contributed by atoms with E-state index in [1.165, 1.54) is 25.7 Å². The molecule has 1 rings (SSSR count). The van der Waals surface area contributed by atoms with Crippen LogP contribution in [0.1, 0.15) is 0 Å². The lowest BCUT2D eigenvalue weighted by Gasteiger charge is -1.93. The second kappa shape index (κ2) is 2.35. The predicted molar refractivity (Wildman–Crippen MR) is 31.3 cm³/mol. The van der Waals surface area contributed by atoms with Crippen LogP contribution in [0.3, 0.4) is 0 Å². The molecule has 48 valence electrons. The Hall–Kier alpha value is -1.25. The number of hydrogen-bond donors (Lipinski definition) is 1. The van der Waals surface area contributed by atoms with E-state index in [1.807, 2.05) is 0 Å². The molecule has 1 heterocycles. The fourth-order valence-electron chi connectivity index (χ4n) is 0.521. The maximum Gasteiger partial charge on any atom is 0.363 e. The second-order valence-electron chi connectivity index (χ2n) is 1.51. The Labute approximate surface area is 52.5 Å². The molecule has 0 aliphatic carbocycles. The van der Waals surface area contributed by atoms with E-state index in [2.05, 4.69) is 4.42 Å². The first-order chi connectivity index (χ1) is 4.34. The van der Waals surface area contributed by atoms with Gasteiger partial charge in [0.1, 0.15) is 0 Å². The molecule has 9 heavy (non-hydrogen) atoms. The zero-order valence-corrected chi connectivity index (χ0v) is 5.00. The standard InChI is InChI=1S/C6H6O3/c1-8-6-2-3-9-4-5(6)7/h2-4H,1H3/p+1. The van der Waals surface area contributed by atoms with Crippen LogP contribution in [-0.4, -0.2) is 12.2 Å². The highest BCUT2D eigenvalue weighted by atomic mass is 16.5. The molecule has 0 aliphatic rings. The smallest absolute Gasteiger partial charge is 0.363 e. The largest absolute Gasteiger partial charge is 0.498 e. The topological polar surface area (TPSA) is 40.8 Å². The fraction of sp³-hybridized carbons (Fsp3) is 0.167. The van der Waals surface area contributed by atoms with Crippen LogP contribution in [0.4, 0.5) is 0 Å². The third kappa shape index (κ3) is 1.10. The highest BCUT2D eigenvalue weighted by Crippen LogP contribution is 2.22. The van der Waals surface area contributed by atoms with E-state index < -0.39 is 0 Å². The summed E-state index contributed by atoms with van der Waals surface area (Å²) in [6, 6.07) is 1.54. The van der Waals surface area contributed by atoms with Gasteiger partial charge in [-0.1, -0.05) is 0 Å². The van der Waals surface area contributed by atoms with Gasteiger partial charge >= 0.3 is 12.5 Å². The van der Waals surface area contributed by atoms with E-state index in [0.29, 0.717) is 5.75 Å². The molecule has 0 unspecified atom stereocenters. The van der Waals surface area contributed by atoms with Crippen molar-refractivity contribution >= 4 is 0 Å². The molecule has 1 N–H and O–H groups in total. The summed E-state index contributed by atoms with van der Waals surface area (Å²) in [4.78, 5) is 0. The van der Waals surface area contributed by atoms with Gasteiger partial charge in [0.2, 0.25) is 0 Å². The quantitative estimate of drug-likeness (QED) is 0.577. The van der Waals surface area contributed by atoms with Crippen LogP contribution in [0.5, 0.6) is 11.5 Å². The summed E-state index contributed by atoms with van der Waals surface area (Å²) in [6.45, 7) is 0. The van der Waals surface area contributed by atoms with Gasteiger partial charge in [-0.3, -0.25) is 0 Å². The lowest BCUT2D eigenvalue weighted by molar-refractivity contribution is 0.356. The van der Waals surface area contributed by atoms with E-state index in [-0.39, 0.29) is 5.75 Å². The van der Waals surface area contributed by atoms with Crippen LogP contribution in [0, 0.1) is 0 Å². The van der Waals surface area contributed by atoms with Crippen molar-refractivity contribution in [2.75, 3.05) is 7.11 Å². The predicted octanol–water partition coefficient (Wildman–Crippen LogP) is 1.27. The third-order valence-electron chi connectivity index (χ3n) is 0.950. The molecule has 0 atom stereocenters. The Morgan fingerprint density at radius 1 is 1.67 bits per heavy atom. The van der Waals surface area contributed by atoms with Gasteiger partial charge in [0.05, 0.1) is 13.2 Å².